The molecular weight excluding hydrogens is 322 g/mol. The van der Waals surface area contributed by atoms with Gasteiger partial charge in [-0.25, -0.2) is 8.42 Å². The zero-order chi connectivity index (χ0) is 17.3. The van der Waals surface area contributed by atoms with Gasteiger partial charge >= 0.3 is 0 Å². The lowest BCUT2D eigenvalue weighted by atomic mass is 10.1. The molecular formula is C19H19NO3S. The molecule has 1 unspecified atom stereocenters. The van der Waals surface area contributed by atoms with E-state index >= 15 is 0 Å². The van der Waals surface area contributed by atoms with E-state index in [1.165, 1.54) is 5.41 Å². The third-order valence-electron chi connectivity index (χ3n) is 4.25. The lowest BCUT2D eigenvalue weighted by molar-refractivity contribution is 0.0983. The summed E-state index contributed by atoms with van der Waals surface area (Å²) in [6, 6.07) is 14.2. The number of sulfone groups is 1. The van der Waals surface area contributed by atoms with E-state index in [1.54, 1.807) is 35.2 Å². The predicted molar refractivity (Wildman–Crippen MR) is 95.9 cm³/mol. The van der Waals surface area contributed by atoms with Crippen molar-refractivity contribution in [1.82, 2.24) is 0 Å². The maximum atomic E-state index is 13.0. The number of anilines is 1. The van der Waals surface area contributed by atoms with Gasteiger partial charge in [0.05, 0.1) is 11.8 Å². The Labute approximate surface area is 142 Å². The number of carbonyl (C=O) groups excluding carboxylic acids is 1. The highest BCUT2D eigenvalue weighted by molar-refractivity contribution is 7.94. The number of aryl methyl sites for hydroxylation is 2. The molecule has 0 fully saturated rings. The highest BCUT2D eigenvalue weighted by atomic mass is 32.2. The fourth-order valence-electron chi connectivity index (χ4n) is 2.77. The Balaban J connectivity index is 2.06. The third kappa shape index (κ3) is 3.26. The average Bonchev–Trinajstić information content (AvgIpc) is 2.91. The number of benzene rings is 2. The second-order valence-corrected chi connectivity index (χ2v) is 7.97. The van der Waals surface area contributed by atoms with Crippen molar-refractivity contribution in [3.8, 4) is 0 Å². The minimum atomic E-state index is -3.26. The molecule has 1 aliphatic heterocycles. The number of carbonyl (C=O) groups is 1. The van der Waals surface area contributed by atoms with Gasteiger partial charge in [-0.2, -0.15) is 0 Å². The van der Waals surface area contributed by atoms with Gasteiger partial charge in [0.15, 0.2) is 9.84 Å². The van der Waals surface area contributed by atoms with Crippen LogP contribution in [0.15, 0.2) is 60.0 Å². The summed E-state index contributed by atoms with van der Waals surface area (Å²) in [5.74, 6) is -0.288. The molecule has 0 aromatic heterocycles. The first kappa shape index (κ1) is 16.5. The molecule has 0 N–H and O–H groups in total. The molecule has 3 rings (SSSR count). The molecule has 5 heteroatoms. The molecule has 0 saturated carbocycles. The summed E-state index contributed by atoms with van der Waals surface area (Å²) in [5.41, 5.74) is 3.43. The van der Waals surface area contributed by atoms with Gasteiger partial charge < -0.3 is 4.90 Å². The number of rotatable bonds is 3. The first-order valence-electron chi connectivity index (χ1n) is 7.74. The number of hydrogen-bond donors (Lipinski definition) is 0. The minimum absolute atomic E-state index is 0.0848. The van der Waals surface area contributed by atoms with Crippen LogP contribution in [0, 0.1) is 13.8 Å². The molecule has 0 spiro atoms. The van der Waals surface area contributed by atoms with Crippen molar-refractivity contribution < 1.29 is 13.2 Å². The van der Waals surface area contributed by atoms with Gasteiger partial charge in [0.2, 0.25) is 0 Å². The second-order valence-electron chi connectivity index (χ2n) is 6.04. The monoisotopic (exact) mass is 341 g/mol. The zero-order valence-corrected chi connectivity index (χ0v) is 14.5. The highest BCUT2D eigenvalue weighted by Gasteiger charge is 2.32. The third-order valence-corrected chi connectivity index (χ3v) is 5.63. The molecule has 1 aliphatic rings. The maximum Gasteiger partial charge on any atom is 0.258 e. The van der Waals surface area contributed by atoms with E-state index < -0.39 is 15.9 Å². The van der Waals surface area contributed by atoms with Gasteiger partial charge in [-0.3, -0.25) is 4.79 Å². The normalized spacial score (nSPS) is 18.5. The highest BCUT2D eigenvalue weighted by Crippen LogP contribution is 2.26. The molecule has 24 heavy (non-hydrogen) atoms. The van der Waals surface area contributed by atoms with E-state index in [0.717, 1.165) is 11.1 Å². The molecule has 1 heterocycles. The Morgan fingerprint density at radius 1 is 1.04 bits per heavy atom. The summed E-state index contributed by atoms with van der Waals surface area (Å²) >= 11 is 0. The van der Waals surface area contributed by atoms with E-state index in [-0.39, 0.29) is 11.7 Å². The van der Waals surface area contributed by atoms with E-state index in [2.05, 4.69) is 0 Å². The van der Waals surface area contributed by atoms with Crippen LogP contribution in [0.1, 0.15) is 21.5 Å². The molecule has 4 nitrogen and oxygen atoms in total. The molecule has 124 valence electrons. The largest absolute Gasteiger partial charge is 0.300 e. The predicted octanol–water partition coefficient (Wildman–Crippen LogP) is 3.26. The summed E-state index contributed by atoms with van der Waals surface area (Å²) in [4.78, 5) is 14.6. The average molecular weight is 341 g/mol. The second kappa shape index (κ2) is 6.24. The smallest absolute Gasteiger partial charge is 0.258 e. The number of hydrogen-bond acceptors (Lipinski definition) is 3. The molecule has 0 radical (unpaired) electrons. The van der Waals surface area contributed by atoms with Gasteiger partial charge in [0.1, 0.15) is 0 Å². The first-order chi connectivity index (χ1) is 11.4. The maximum absolute atomic E-state index is 13.0. The van der Waals surface area contributed by atoms with Gasteiger partial charge in [-0.15, -0.1) is 0 Å². The van der Waals surface area contributed by atoms with Crippen LogP contribution >= 0.6 is 0 Å². The Morgan fingerprint density at radius 3 is 2.33 bits per heavy atom. The van der Waals surface area contributed by atoms with Gasteiger partial charge in [0, 0.05) is 16.7 Å². The van der Waals surface area contributed by atoms with Crippen molar-refractivity contribution in [3.05, 3.63) is 76.7 Å². The summed E-state index contributed by atoms with van der Waals surface area (Å²) in [7, 11) is -3.26. The van der Waals surface area contributed by atoms with Crippen molar-refractivity contribution in [2.24, 2.45) is 0 Å². The lowest BCUT2D eigenvalue weighted by Gasteiger charge is -2.28. The van der Waals surface area contributed by atoms with E-state index in [9.17, 15) is 13.2 Å². The van der Waals surface area contributed by atoms with Crippen LogP contribution in [-0.4, -0.2) is 26.1 Å². The van der Waals surface area contributed by atoms with Crippen LogP contribution in [0.4, 0.5) is 5.69 Å². The standard InChI is InChI=1S/C19H19NO3S/c1-14-8-9-17(12-15(14)2)20(18-10-11-24(22,23)13-18)19(21)16-6-4-3-5-7-16/h3-12,18H,13H2,1-2H3. The van der Waals surface area contributed by atoms with Crippen LogP contribution in [-0.2, 0) is 9.84 Å². The van der Waals surface area contributed by atoms with E-state index in [0.29, 0.717) is 11.3 Å². The Kier molecular flexibility index (Phi) is 4.28. The summed E-state index contributed by atoms with van der Waals surface area (Å²) in [5, 5.41) is 1.20. The Hall–Kier alpha value is -2.40. The van der Waals surface area contributed by atoms with Crippen molar-refractivity contribution in [1.29, 1.82) is 0 Å². The molecule has 0 saturated heterocycles. The van der Waals surface area contributed by atoms with E-state index in [1.807, 2.05) is 38.1 Å². The zero-order valence-electron chi connectivity index (χ0n) is 13.6. The summed E-state index contributed by atoms with van der Waals surface area (Å²) in [6.45, 7) is 3.98. The van der Waals surface area contributed by atoms with Crippen molar-refractivity contribution in [2.45, 2.75) is 19.9 Å². The van der Waals surface area contributed by atoms with Gasteiger partial charge in [-0.1, -0.05) is 24.3 Å². The van der Waals surface area contributed by atoms with Crippen LogP contribution in [0.5, 0.6) is 0 Å². The minimum Gasteiger partial charge on any atom is -0.300 e. The topological polar surface area (TPSA) is 54.5 Å². The van der Waals surface area contributed by atoms with Crippen LogP contribution in [0.2, 0.25) is 0 Å². The van der Waals surface area contributed by atoms with Crippen molar-refractivity contribution in [3.63, 3.8) is 0 Å². The quantitative estimate of drug-likeness (QED) is 0.861. The molecule has 1 atom stereocenters. The molecule has 2 aromatic rings. The van der Waals surface area contributed by atoms with Crippen molar-refractivity contribution in [2.75, 3.05) is 10.7 Å². The number of nitrogens with zero attached hydrogens (tertiary/aromatic N) is 1. The Morgan fingerprint density at radius 2 is 1.75 bits per heavy atom. The molecule has 2 aromatic carbocycles. The van der Waals surface area contributed by atoms with Gasteiger partial charge in [-0.05, 0) is 55.3 Å². The van der Waals surface area contributed by atoms with Crippen molar-refractivity contribution >= 4 is 21.4 Å². The van der Waals surface area contributed by atoms with Gasteiger partial charge in [0.25, 0.3) is 5.91 Å². The van der Waals surface area contributed by atoms with Crippen LogP contribution in [0.25, 0.3) is 0 Å². The van der Waals surface area contributed by atoms with E-state index in [4.69, 9.17) is 0 Å². The lowest BCUT2D eigenvalue weighted by Crippen LogP contribution is -2.41. The Bertz CT molecular complexity index is 901. The molecule has 0 aliphatic carbocycles. The van der Waals surface area contributed by atoms with Crippen LogP contribution in [0.3, 0.4) is 0 Å². The number of amides is 1. The molecule has 0 bridgehead atoms. The fraction of sp³-hybridized carbons (Fsp3) is 0.211. The fourth-order valence-corrected chi connectivity index (χ4v) is 4.04. The summed E-state index contributed by atoms with van der Waals surface area (Å²) < 4.78 is 23.7. The van der Waals surface area contributed by atoms with Crippen LogP contribution < -0.4 is 4.90 Å². The molecule has 1 amide bonds. The SMILES string of the molecule is Cc1ccc(N(C(=O)c2ccccc2)C2C=CS(=O)(=O)C2)cc1C. The summed E-state index contributed by atoms with van der Waals surface area (Å²) in [6.07, 6.45) is 1.59. The first-order valence-corrected chi connectivity index (χ1v) is 9.46.